The van der Waals surface area contributed by atoms with Gasteiger partial charge in [-0.05, 0) is 31.3 Å². The van der Waals surface area contributed by atoms with Gasteiger partial charge in [0.1, 0.15) is 5.01 Å². The molecule has 20 heavy (non-hydrogen) atoms. The van der Waals surface area contributed by atoms with Gasteiger partial charge >= 0.3 is 5.97 Å². The number of aryl methyl sites for hydroxylation is 1. The van der Waals surface area contributed by atoms with Crippen molar-refractivity contribution < 1.29 is 13.9 Å². The molecule has 0 bridgehead atoms. The summed E-state index contributed by atoms with van der Waals surface area (Å²) in [6.45, 7) is 1.97. The van der Waals surface area contributed by atoms with Gasteiger partial charge in [-0.15, -0.1) is 11.3 Å². The standard InChI is InChI=1S/C13H10N2O3S2/c1-6-5-14-11(20-6)8-3-7(12(16)17-2)4-9-10(8)15-13(19)18-9/h3-5H,1-2H3,(H,15,19). The van der Waals surface area contributed by atoms with Crippen LogP contribution in [0.3, 0.4) is 0 Å². The van der Waals surface area contributed by atoms with Crippen molar-refractivity contribution in [2.24, 2.45) is 0 Å². The number of nitrogens with zero attached hydrogens (tertiary/aromatic N) is 1. The summed E-state index contributed by atoms with van der Waals surface area (Å²) in [4.78, 5) is 20.4. The predicted octanol–water partition coefficient (Wildman–Crippen LogP) is 3.71. The number of aromatic amines is 1. The Bertz CT molecular complexity index is 860. The summed E-state index contributed by atoms with van der Waals surface area (Å²) >= 11 is 6.54. The van der Waals surface area contributed by atoms with Gasteiger partial charge in [-0.2, -0.15) is 0 Å². The Kier molecular flexibility index (Phi) is 3.15. The van der Waals surface area contributed by atoms with Gasteiger partial charge in [-0.1, -0.05) is 0 Å². The largest absolute Gasteiger partial charge is 0.465 e. The average Bonchev–Trinajstić information content (AvgIpc) is 3.01. The van der Waals surface area contributed by atoms with Crippen LogP contribution in [0.25, 0.3) is 21.7 Å². The summed E-state index contributed by atoms with van der Waals surface area (Å²) in [5, 5.41) is 0.797. The number of oxazole rings is 1. The van der Waals surface area contributed by atoms with Crippen LogP contribution in [0.15, 0.2) is 22.7 Å². The molecule has 1 N–H and O–H groups in total. The number of methoxy groups -OCH3 is 1. The van der Waals surface area contributed by atoms with E-state index >= 15 is 0 Å². The number of thiazole rings is 1. The second kappa shape index (κ2) is 4.84. The number of hydrogen-bond acceptors (Lipinski definition) is 6. The summed E-state index contributed by atoms with van der Waals surface area (Å²) in [7, 11) is 1.34. The van der Waals surface area contributed by atoms with Gasteiger partial charge < -0.3 is 14.1 Å². The quantitative estimate of drug-likeness (QED) is 0.577. The van der Waals surface area contributed by atoms with E-state index in [4.69, 9.17) is 21.4 Å². The Morgan fingerprint density at radius 2 is 2.30 bits per heavy atom. The molecule has 0 atom stereocenters. The number of benzene rings is 1. The Morgan fingerprint density at radius 1 is 1.50 bits per heavy atom. The molecule has 0 aliphatic carbocycles. The van der Waals surface area contributed by atoms with Crippen molar-refractivity contribution in [1.29, 1.82) is 0 Å². The average molecular weight is 306 g/mol. The fourth-order valence-electron chi connectivity index (χ4n) is 1.94. The first-order valence-electron chi connectivity index (χ1n) is 5.76. The topological polar surface area (TPSA) is 68.1 Å². The van der Waals surface area contributed by atoms with Gasteiger partial charge in [-0.25, -0.2) is 9.78 Å². The van der Waals surface area contributed by atoms with Crippen LogP contribution >= 0.6 is 23.6 Å². The lowest BCUT2D eigenvalue weighted by Crippen LogP contribution is -2.01. The molecule has 1 aromatic carbocycles. The maximum atomic E-state index is 11.7. The molecule has 0 aliphatic heterocycles. The lowest BCUT2D eigenvalue weighted by atomic mass is 10.1. The van der Waals surface area contributed by atoms with Crippen LogP contribution in [-0.4, -0.2) is 23.0 Å². The van der Waals surface area contributed by atoms with E-state index in [-0.39, 0.29) is 4.84 Å². The van der Waals surface area contributed by atoms with Crippen LogP contribution in [0.2, 0.25) is 0 Å². The lowest BCUT2D eigenvalue weighted by molar-refractivity contribution is 0.0601. The number of aromatic nitrogens is 2. The third-order valence-corrected chi connectivity index (χ3v) is 3.94. The van der Waals surface area contributed by atoms with E-state index in [0.29, 0.717) is 11.1 Å². The van der Waals surface area contributed by atoms with Crippen LogP contribution in [0.4, 0.5) is 0 Å². The molecule has 0 saturated carbocycles. The molecule has 102 valence electrons. The van der Waals surface area contributed by atoms with Crippen LogP contribution in [-0.2, 0) is 4.74 Å². The second-order valence-electron chi connectivity index (χ2n) is 4.18. The Labute approximate surface area is 123 Å². The van der Waals surface area contributed by atoms with Gasteiger partial charge in [0.15, 0.2) is 5.58 Å². The molecule has 0 fully saturated rings. The van der Waals surface area contributed by atoms with Gasteiger partial charge in [0.25, 0.3) is 4.84 Å². The highest BCUT2D eigenvalue weighted by Crippen LogP contribution is 2.32. The number of ether oxygens (including phenoxy) is 1. The van der Waals surface area contributed by atoms with Gasteiger partial charge in [0.2, 0.25) is 0 Å². The first kappa shape index (κ1) is 13.0. The molecule has 3 aromatic rings. The maximum absolute atomic E-state index is 11.7. The molecule has 7 heteroatoms. The van der Waals surface area contributed by atoms with E-state index in [9.17, 15) is 4.79 Å². The third-order valence-electron chi connectivity index (χ3n) is 2.80. The van der Waals surface area contributed by atoms with Crippen LogP contribution in [0.5, 0.6) is 0 Å². The highest BCUT2D eigenvalue weighted by atomic mass is 32.1. The third kappa shape index (κ3) is 2.14. The van der Waals surface area contributed by atoms with Crippen molar-refractivity contribution in [1.82, 2.24) is 9.97 Å². The van der Waals surface area contributed by atoms with Crippen molar-refractivity contribution in [2.75, 3.05) is 7.11 Å². The predicted molar refractivity (Wildman–Crippen MR) is 78.6 cm³/mol. The van der Waals surface area contributed by atoms with Crippen molar-refractivity contribution in [3.05, 3.63) is 33.6 Å². The van der Waals surface area contributed by atoms with E-state index in [1.54, 1.807) is 18.3 Å². The molecule has 0 unspecified atom stereocenters. The summed E-state index contributed by atoms with van der Waals surface area (Å²) < 4.78 is 10.2. The maximum Gasteiger partial charge on any atom is 0.338 e. The van der Waals surface area contributed by atoms with Crippen molar-refractivity contribution >= 4 is 40.6 Å². The molecule has 0 radical (unpaired) electrons. The zero-order chi connectivity index (χ0) is 14.3. The second-order valence-corrected chi connectivity index (χ2v) is 5.78. The van der Waals surface area contributed by atoms with E-state index < -0.39 is 5.97 Å². The summed E-state index contributed by atoms with van der Waals surface area (Å²) in [6, 6.07) is 3.34. The zero-order valence-corrected chi connectivity index (χ0v) is 12.4. The van der Waals surface area contributed by atoms with Crippen LogP contribution in [0.1, 0.15) is 15.2 Å². The molecule has 2 heterocycles. The highest BCUT2D eigenvalue weighted by molar-refractivity contribution is 7.71. The van der Waals surface area contributed by atoms with Crippen molar-refractivity contribution in [3.63, 3.8) is 0 Å². The first-order valence-corrected chi connectivity index (χ1v) is 6.99. The van der Waals surface area contributed by atoms with E-state index in [1.807, 2.05) is 6.92 Å². The minimum absolute atomic E-state index is 0.261. The normalized spacial score (nSPS) is 10.9. The molecule has 5 nitrogen and oxygen atoms in total. The van der Waals surface area contributed by atoms with Crippen LogP contribution < -0.4 is 0 Å². The smallest absolute Gasteiger partial charge is 0.338 e. The van der Waals surface area contributed by atoms with Crippen LogP contribution in [0, 0.1) is 11.8 Å². The Hall–Kier alpha value is -1.99. The lowest BCUT2D eigenvalue weighted by Gasteiger charge is -2.03. The molecule has 0 amide bonds. The molecule has 0 saturated heterocycles. The summed E-state index contributed by atoms with van der Waals surface area (Å²) in [5.41, 5.74) is 2.43. The van der Waals surface area contributed by atoms with Gasteiger partial charge in [0.05, 0.1) is 18.2 Å². The number of hydrogen-bond donors (Lipinski definition) is 1. The number of carbonyl (C=O) groups is 1. The summed E-state index contributed by atoms with van der Waals surface area (Å²) in [5.74, 6) is -0.427. The van der Waals surface area contributed by atoms with E-state index in [1.165, 1.54) is 18.4 Å². The first-order chi connectivity index (χ1) is 9.58. The molecular formula is C13H10N2O3S2. The zero-order valence-electron chi connectivity index (χ0n) is 10.7. The fourth-order valence-corrected chi connectivity index (χ4v) is 2.91. The monoisotopic (exact) mass is 306 g/mol. The Balaban J connectivity index is 2.32. The number of esters is 1. The Morgan fingerprint density at radius 3 is 2.95 bits per heavy atom. The molecule has 3 rings (SSSR count). The minimum atomic E-state index is -0.427. The minimum Gasteiger partial charge on any atom is -0.465 e. The van der Waals surface area contributed by atoms with Gasteiger partial charge in [0, 0.05) is 16.6 Å². The summed E-state index contributed by atoms with van der Waals surface area (Å²) in [6.07, 6.45) is 1.78. The highest BCUT2D eigenvalue weighted by Gasteiger charge is 2.16. The van der Waals surface area contributed by atoms with Gasteiger partial charge in [-0.3, -0.25) is 0 Å². The SMILES string of the molecule is COC(=O)c1cc(-c2ncc(C)s2)c2[nH]c(=S)oc2c1. The number of rotatable bonds is 2. The number of H-pyrrole nitrogens is 1. The van der Waals surface area contributed by atoms with E-state index in [0.717, 1.165) is 21.0 Å². The van der Waals surface area contributed by atoms with Crippen molar-refractivity contribution in [3.8, 4) is 10.6 Å². The molecular weight excluding hydrogens is 296 g/mol. The number of carbonyl (C=O) groups excluding carboxylic acids is 1. The number of nitrogens with one attached hydrogen (secondary N) is 1. The molecule has 2 aromatic heterocycles. The molecule has 0 spiro atoms. The number of fused-ring (bicyclic) bond motifs is 1. The van der Waals surface area contributed by atoms with Crippen molar-refractivity contribution in [2.45, 2.75) is 6.92 Å². The molecule has 0 aliphatic rings. The fraction of sp³-hybridized carbons (Fsp3) is 0.154. The van der Waals surface area contributed by atoms with E-state index in [2.05, 4.69) is 9.97 Å².